The maximum Gasteiger partial charge on any atom is 0.374 e. The van der Waals surface area contributed by atoms with Crippen LogP contribution in [0.25, 0.3) is 0 Å². The number of ether oxygens (including phenoxy) is 3. The number of carbonyl (C=O) groups is 3. The average Bonchev–Trinajstić information content (AvgIpc) is 2.53. The summed E-state index contributed by atoms with van der Waals surface area (Å²) in [5.74, 6) is -2.62. The van der Waals surface area contributed by atoms with E-state index in [9.17, 15) is 14.4 Å². The Morgan fingerprint density at radius 3 is 1.92 bits per heavy atom. The van der Waals surface area contributed by atoms with Crippen molar-refractivity contribution in [2.75, 3.05) is 19.8 Å². The monoisotopic (exact) mass is 367 g/mol. The molecule has 26 heavy (non-hydrogen) atoms. The van der Waals surface area contributed by atoms with Crippen molar-refractivity contribution in [2.24, 2.45) is 4.99 Å². The maximum absolute atomic E-state index is 12.4. The molecular weight excluding hydrogens is 342 g/mol. The van der Waals surface area contributed by atoms with Crippen molar-refractivity contribution in [3.8, 4) is 0 Å². The molecule has 0 aliphatic carbocycles. The van der Waals surface area contributed by atoms with Gasteiger partial charge in [0.25, 0.3) is 0 Å². The van der Waals surface area contributed by atoms with E-state index in [4.69, 9.17) is 18.6 Å². The highest BCUT2D eigenvalue weighted by molar-refractivity contribution is 6.04. The second-order valence-corrected chi connectivity index (χ2v) is 6.15. The highest BCUT2D eigenvalue weighted by atomic mass is 16.5. The fourth-order valence-corrected chi connectivity index (χ4v) is 1.96. The maximum atomic E-state index is 12.4. The van der Waals surface area contributed by atoms with Gasteiger partial charge < -0.3 is 18.6 Å². The zero-order chi connectivity index (χ0) is 19.9. The van der Waals surface area contributed by atoms with Gasteiger partial charge in [0.15, 0.2) is 0 Å². The van der Waals surface area contributed by atoms with Gasteiger partial charge in [-0.15, -0.1) is 0 Å². The van der Waals surface area contributed by atoms with Crippen LogP contribution in [-0.2, 0) is 14.2 Å². The first-order valence-corrected chi connectivity index (χ1v) is 8.39. The van der Waals surface area contributed by atoms with E-state index >= 15 is 0 Å². The number of nitrogens with zero attached hydrogens (tertiary/aromatic N) is 1. The molecule has 1 heterocycles. The summed E-state index contributed by atoms with van der Waals surface area (Å²) in [4.78, 5) is 41.2. The molecule has 0 saturated carbocycles. The minimum Gasteiger partial charge on any atom is -0.462 e. The Kier molecular flexibility index (Phi) is 7.55. The number of rotatable bonds is 6. The van der Waals surface area contributed by atoms with Crippen molar-refractivity contribution in [1.29, 1.82) is 0 Å². The summed E-state index contributed by atoms with van der Waals surface area (Å²) in [5.41, 5.74) is -1.19. The second-order valence-electron chi connectivity index (χ2n) is 6.15. The Bertz CT molecular complexity index is 741. The summed E-state index contributed by atoms with van der Waals surface area (Å²) in [6.45, 7) is 10.5. The summed E-state index contributed by atoms with van der Waals surface area (Å²) < 4.78 is 20.4. The minimum atomic E-state index is -0.794. The third-order valence-corrected chi connectivity index (χ3v) is 2.85. The first kappa shape index (κ1) is 21.4. The molecule has 0 radical (unpaired) electrons. The van der Waals surface area contributed by atoms with E-state index in [1.807, 2.05) is 0 Å². The van der Waals surface area contributed by atoms with Gasteiger partial charge in [-0.3, -0.25) is 0 Å². The molecule has 0 saturated heterocycles. The highest BCUT2D eigenvalue weighted by Gasteiger charge is 2.27. The zero-order valence-electron chi connectivity index (χ0n) is 16.0. The van der Waals surface area contributed by atoms with Crippen LogP contribution >= 0.6 is 0 Å². The van der Waals surface area contributed by atoms with Gasteiger partial charge in [0, 0.05) is 6.07 Å². The molecule has 0 fully saturated rings. The Labute approximate surface area is 152 Å². The lowest BCUT2D eigenvalue weighted by Crippen LogP contribution is -2.28. The second kappa shape index (κ2) is 9.17. The van der Waals surface area contributed by atoms with Crippen LogP contribution in [-0.4, -0.2) is 43.3 Å². The fourth-order valence-electron chi connectivity index (χ4n) is 1.96. The first-order valence-electron chi connectivity index (χ1n) is 8.39. The lowest BCUT2D eigenvalue weighted by molar-refractivity contribution is 0.0450. The van der Waals surface area contributed by atoms with Crippen LogP contribution in [0.3, 0.4) is 0 Å². The molecule has 0 atom stereocenters. The number of carbonyl (C=O) groups excluding carboxylic acids is 3. The van der Waals surface area contributed by atoms with Crippen LogP contribution in [0, 0.1) is 0 Å². The van der Waals surface area contributed by atoms with Crippen LogP contribution in [0.15, 0.2) is 15.5 Å². The Hall–Kier alpha value is -2.64. The molecule has 0 amide bonds. The molecule has 1 rings (SSSR count). The molecule has 8 nitrogen and oxygen atoms in total. The number of esters is 3. The van der Waals surface area contributed by atoms with E-state index < -0.39 is 23.4 Å². The molecular formula is C18H25NO7. The molecule has 0 spiro atoms. The summed E-state index contributed by atoms with van der Waals surface area (Å²) in [6, 6.07) is 1.11. The fraction of sp³-hybridized carbons (Fsp3) is 0.556. The summed E-state index contributed by atoms with van der Waals surface area (Å²) >= 11 is 0. The van der Waals surface area contributed by atoms with E-state index in [0.717, 1.165) is 6.07 Å². The normalized spacial score (nSPS) is 11.8. The van der Waals surface area contributed by atoms with Crippen molar-refractivity contribution in [3.05, 3.63) is 28.5 Å². The van der Waals surface area contributed by atoms with Gasteiger partial charge in [-0.2, -0.15) is 0 Å². The predicted octanol–water partition coefficient (Wildman–Crippen LogP) is 2.51. The van der Waals surface area contributed by atoms with Gasteiger partial charge in [-0.25, -0.2) is 19.4 Å². The van der Waals surface area contributed by atoms with Gasteiger partial charge in [-0.1, -0.05) is 0 Å². The lowest BCUT2D eigenvalue weighted by atomic mass is 10.1. The van der Waals surface area contributed by atoms with Crippen molar-refractivity contribution in [3.63, 3.8) is 0 Å². The summed E-state index contributed by atoms with van der Waals surface area (Å²) in [5, 5.41) is 0. The zero-order valence-corrected chi connectivity index (χ0v) is 16.0. The molecule has 0 N–H and O–H groups in total. The van der Waals surface area contributed by atoms with Crippen molar-refractivity contribution >= 4 is 17.9 Å². The van der Waals surface area contributed by atoms with Crippen LogP contribution in [0.5, 0.6) is 0 Å². The van der Waals surface area contributed by atoms with Gasteiger partial charge in [-0.05, 0) is 41.5 Å². The Morgan fingerprint density at radius 1 is 0.923 bits per heavy atom. The van der Waals surface area contributed by atoms with E-state index in [1.165, 1.54) is 0 Å². The number of hydrogen-bond acceptors (Lipinski definition) is 8. The topological polar surface area (TPSA) is 104 Å². The highest BCUT2D eigenvalue weighted by Crippen LogP contribution is 2.15. The SMILES string of the molecule is CCOC(=O)c1cc(C(=O)OCC)c(C(=O)OCC)c(=NC(C)(C)C)o1. The van der Waals surface area contributed by atoms with Crippen molar-refractivity contribution < 1.29 is 33.0 Å². The molecule has 8 heteroatoms. The van der Waals surface area contributed by atoms with Crippen LogP contribution in [0.4, 0.5) is 0 Å². The summed E-state index contributed by atoms with van der Waals surface area (Å²) in [7, 11) is 0. The van der Waals surface area contributed by atoms with Crippen molar-refractivity contribution in [1.82, 2.24) is 0 Å². The summed E-state index contributed by atoms with van der Waals surface area (Å²) in [6.07, 6.45) is 0. The molecule has 0 aliphatic rings. The minimum absolute atomic E-state index is 0.0909. The molecule has 0 unspecified atom stereocenters. The van der Waals surface area contributed by atoms with Gasteiger partial charge in [0.05, 0.1) is 30.9 Å². The van der Waals surface area contributed by atoms with Gasteiger partial charge >= 0.3 is 17.9 Å². The van der Waals surface area contributed by atoms with Crippen LogP contribution in [0.1, 0.15) is 72.8 Å². The molecule has 144 valence electrons. The molecule has 0 aliphatic heterocycles. The standard InChI is InChI=1S/C18H25NO7/c1-7-23-15(20)11-10-12(16(21)24-8-2)26-14(19-18(4,5)6)13(11)17(22)25-9-3/h10H,7-9H2,1-6H3. The molecule has 1 aromatic rings. The third-order valence-electron chi connectivity index (χ3n) is 2.85. The first-order chi connectivity index (χ1) is 12.1. The third kappa shape index (κ3) is 5.72. The van der Waals surface area contributed by atoms with E-state index in [0.29, 0.717) is 0 Å². The van der Waals surface area contributed by atoms with Crippen molar-refractivity contribution in [2.45, 2.75) is 47.1 Å². The predicted molar refractivity (Wildman–Crippen MR) is 91.9 cm³/mol. The van der Waals surface area contributed by atoms with E-state index in [-0.39, 0.29) is 42.3 Å². The molecule has 0 bridgehead atoms. The largest absolute Gasteiger partial charge is 0.462 e. The van der Waals surface area contributed by atoms with Crippen LogP contribution < -0.4 is 5.55 Å². The van der Waals surface area contributed by atoms with E-state index in [1.54, 1.807) is 41.5 Å². The average molecular weight is 367 g/mol. The molecule has 1 aromatic heterocycles. The van der Waals surface area contributed by atoms with Crippen LogP contribution in [0.2, 0.25) is 0 Å². The molecule has 0 aromatic carbocycles. The number of hydrogen-bond donors (Lipinski definition) is 0. The van der Waals surface area contributed by atoms with Gasteiger partial charge in [0.2, 0.25) is 11.3 Å². The van der Waals surface area contributed by atoms with E-state index in [2.05, 4.69) is 4.99 Å². The smallest absolute Gasteiger partial charge is 0.374 e. The quantitative estimate of drug-likeness (QED) is 0.562. The Balaban J connectivity index is 3.81. The Morgan fingerprint density at radius 2 is 1.42 bits per heavy atom. The lowest BCUT2D eigenvalue weighted by Gasteiger charge is -2.14. The van der Waals surface area contributed by atoms with Gasteiger partial charge in [0.1, 0.15) is 5.56 Å².